The highest BCUT2D eigenvalue weighted by atomic mass is 19.3. The molecule has 0 radical (unpaired) electrons. The van der Waals surface area contributed by atoms with E-state index in [2.05, 4.69) is 6.92 Å². The molecule has 0 aromatic carbocycles. The molecule has 58 valence electrons. The molecular formula is C8H12F2. The number of hydrogen-bond donors (Lipinski definition) is 0. The van der Waals surface area contributed by atoms with Crippen molar-refractivity contribution in [2.45, 2.75) is 38.5 Å². The van der Waals surface area contributed by atoms with Gasteiger partial charge in [0, 0.05) is 12.8 Å². The minimum atomic E-state index is -2.33. The SMILES string of the molecule is CC12CCC(F)(F)CC1C2. The quantitative estimate of drug-likeness (QED) is 0.493. The van der Waals surface area contributed by atoms with Gasteiger partial charge in [-0.1, -0.05) is 6.92 Å². The van der Waals surface area contributed by atoms with E-state index in [0.717, 1.165) is 12.8 Å². The van der Waals surface area contributed by atoms with E-state index in [1.165, 1.54) is 0 Å². The summed E-state index contributed by atoms with van der Waals surface area (Å²) in [6.45, 7) is 2.13. The molecule has 0 spiro atoms. The zero-order valence-electron chi connectivity index (χ0n) is 6.16. The molecule has 0 N–H and O–H groups in total. The van der Waals surface area contributed by atoms with Crippen LogP contribution in [0.5, 0.6) is 0 Å². The first-order chi connectivity index (χ1) is 4.52. The first kappa shape index (κ1) is 6.56. The standard InChI is InChI=1S/C8H12F2/c1-7-2-3-8(9,10)5-6(7)4-7/h6H,2-5H2,1H3. The molecule has 2 atom stereocenters. The van der Waals surface area contributed by atoms with Gasteiger partial charge in [-0.2, -0.15) is 0 Å². The second kappa shape index (κ2) is 1.54. The Kier molecular flexibility index (Phi) is 1.01. The molecule has 0 aromatic rings. The molecule has 0 aliphatic heterocycles. The third kappa shape index (κ3) is 0.850. The van der Waals surface area contributed by atoms with Crippen LogP contribution in [0, 0.1) is 11.3 Å². The Balaban J connectivity index is 2.05. The van der Waals surface area contributed by atoms with E-state index in [0.29, 0.717) is 11.3 Å². The minimum Gasteiger partial charge on any atom is -0.207 e. The Hall–Kier alpha value is -0.140. The summed E-state index contributed by atoms with van der Waals surface area (Å²) in [7, 11) is 0. The van der Waals surface area contributed by atoms with Gasteiger partial charge >= 0.3 is 0 Å². The van der Waals surface area contributed by atoms with Crippen LogP contribution in [-0.4, -0.2) is 5.92 Å². The van der Waals surface area contributed by atoms with Crippen molar-refractivity contribution in [1.29, 1.82) is 0 Å². The molecule has 2 heteroatoms. The molecule has 0 heterocycles. The summed E-state index contributed by atoms with van der Waals surface area (Å²) >= 11 is 0. The van der Waals surface area contributed by atoms with Gasteiger partial charge in [0.25, 0.3) is 0 Å². The Bertz CT molecular complexity index is 165. The molecule has 0 bridgehead atoms. The average Bonchev–Trinajstić information content (AvgIpc) is 2.39. The summed E-state index contributed by atoms with van der Waals surface area (Å²) in [4.78, 5) is 0. The number of rotatable bonds is 0. The summed E-state index contributed by atoms with van der Waals surface area (Å²) in [5, 5.41) is 0. The molecule has 2 saturated carbocycles. The molecule has 2 aliphatic carbocycles. The van der Waals surface area contributed by atoms with E-state index in [1.54, 1.807) is 0 Å². The van der Waals surface area contributed by atoms with Gasteiger partial charge in [-0.3, -0.25) is 0 Å². The normalized spacial score (nSPS) is 50.1. The van der Waals surface area contributed by atoms with Gasteiger partial charge in [0.2, 0.25) is 5.92 Å². The van der Waals surface area contributed by atoms with Gasteiger partial charge in [0.15, 0.2) is 0 Å². The summed E-state index contributed by atoms with van der Waals surface area (Å²) in [6, 6.07) is 0. The van der Waals surface area contributed by atoms with Gasteiger partial charge in [0.1, 0.15) is 0 Å². The molecule has 2 rings (SSSR count). The molecule has 2 fully saturated rings. The fraction of sp³-hybridized carbons (Fsp3) is 1.00. The summed E-state index contributed by atoms with van der Waals surface area (Å²) in [5.41, 5.74) is 0.321. The van der Waals surface area contributed by atoms with Crippen LogP contribution in [0.15, 0.2) is 0 Å². The molecule has 0 amide bonds. The molecule has 2 aliphatic rings. The molecule has 0 saturated heterocycles. The number of alkyl halides is 2. The van der Waals surface area contributed by atoms with Gasteiger partial charge in [0.05, 0.1) is 0 Å². The summed E-state index contributed by atoms with van der Waals surface area (Å²) < 4.78 is 25.3. The van der Waals surface area contributed by atoms with Crippen molar-refractivity contribution in [3.8, 4) is 0 Å². The maximum Gasteiger partial charge on any atom is 0.248 e. The molecule has 2 unspecified atom stereocenters. The van der Waals surface area contributed by atoms with E-state index >= 15 is 0 Å². The number of hydrogen-bond acceptors (Lipinski definition) is 0. The van der Waals surface area contributed by atoms with Crippen molar-refractivity contribution in [3.63, 3.8) is 0 Å². The maximum absolute atomic E-state index is 12.7. The van der Waals surface area contributed by atoms with Crippen LogP contribution in [0.4, 0.5) is 8.78 Å². The van der Waals surface area contributed by atoms with Crippen molar-refractivity contribution in [3.05, 3.63) is 0 Å². The predicted molar refractivity (Wildman–Crippen MR) is 35.0 cm³/mol. The Labute approximate surface area is 59.6 Å². The van der Waals surface area contributed by atoms with Crippen molar-refractivity contribution in [2.75, 3.05) is 0 Å². The molecule has 0 aromatic heterocycles. The van der Waals surface area contributed by atoms with Gasteiger partial charge < -0.3 is 0 Å². The largest absolute Gasteiger partial charge is 0.248 e. The summed E-state index contributed by atoms with van der Waals surface area (Å²) in [6.07, 6.45) is 2.07. The lowest BCUT2D eigenvalue weighted by molar-refractivity contribution is -0.0462. The smallest absolute Gasteiger partial charge is 0.207 e. The third-order valence-corrected chi connectivity index (χ3v) is 3.15. The lowest BCUT2D eigenvalue weighted by atomic mass is 9.88. The van der Waals surface area contributed by atoms with E-state index in [4.69, 9.17) is 0 Å². The van der Waals surface area contributed by atoms with Crippen LogP contribution < -0.4 is 0 Å². The predicted octanol–water partition coefficient (Wildman–Crippen LogP) is 2.83. The summed E-state index contributed by atoms with van der Waals surface area (Å²) in [5.74, 6) is -1.99. The monoisotopic (exact) mass is 146 g/mol. The maximum atomic E-state index is 12.7. The topological polar surface area (TPSA) is 0 Å². The second-order valence-corrected chi connectivity index (χ2v) is 4.12. The first-order valence-corrected chi connectivity index (χ1v) is 3.90. The van der Waals surface area contributed by atoms with E-state index in [1.807, 2.05) is 0 Å². The lowest BCUT2D eigenvalue weighted by Crippen LogP contribution is -2.24. The Morgan fingerprint density at radius 2 is 1.90 bits per heavy atom. The highest BCUT2D eigenvalue weighted by Crippen LogP contribution is 2.63. The van der Waals surface area contributed by atoms with Crippen LogP contribution >= 0.6 is 0 Å². The fourth-order valence-electron chi connectivity index (χ4n) is 2.06. The zero-order valence-corrected chi connectivity index (χ0v) is 6.16. The second-order valence-electron chi connectivity index (χ2n) is 4.12. The van der Waals surface area contributed by atoms with Crippen molar-refractivity contribution in [1.82, 2.24) is 0 Å². The molecule has 0 nitrogen and oxygen atoms in total. The van der Waals surface area contributed by atoms with Crippen molar-refractivity contribution < 1.29 is 8.78 Å². The van der Waals surface area contributed by atoms with Crippen LogP contribution in [-0.2, 0) is 0 Å². The van der Waals surface area contributed by atoms with Crippen molar-refractivity contribution >= 4 is 0 Å². The highest BCUT2D eigenvalue weighted by molar-refractivity contribution is 5.04. The number of halogens is 2. The Morgan fingerprint density at radius 1 is 1.20 bits per heavy atom. The molecule has 10 heavy (non-hydrogen) atoms. The fourth-order valence-corrected chi connectivity index (χ4v) is 2.06. The van der Waals surface area contributed by atoms with Gasteiger partial charge in [-0.05, 0) is 24.2 Å². The third-order valence-electron chi connectivity index (χ3n) is 3.15. The Morgan fingerprint density at radius 3 is 2.40 bits per heavy atom. The first-order valence-electron chi connectivity index (χ1n) is 3.90. The number of fused-ring (bicyclic) bond motifs is 1. The van der Waals surface area contributed by atoms with Crippen LogP contribution in [0.3, 0.4) is 0 Å². The van der Waals surface area contributed by atoms with Gasteiger partial charge in [-0.25, -0.2) is 8.78 Å². The van der Waals surface area contributed by atoms with Gasteiger partial charge in [-0.15, -0.1) is 0 Å². The van der Waals surface area contributed by atoms with Crippen molar-refractivity contribution in [2.24, 2.45) is 11.3 Å². The van der Waals surface area contributed by atoms with E-state index in [-0.39, 0.29) is 12.8 Å². The van der Waals surface area contributed by atoms with Crippen LogP contribution in [0.2, 0.25) is 0 Å². The zero-order chi connectivity index (χ0) is 7.41. The highest BCUT2D eigenvalue weighted by Gasteiger charge is 2.57. The lowest BCUT2D eigenvalue weighted by Gasteiger charge is -2.24. The van der Waals surface area contributed by atoms with Crippen LogP contribution in [0.1, 0.15) is 32.6 Å². The van der Waals surface area contributed by atoms with E-state index < -0.39 is 5.92 Å². The average molecular weight is 146 g/mol. The van der Waals surface area contributed by atoms with E-state index in [9.17, 15) is 8.78 Å². The molecular weight excluding hydrogens is 134 g/mol. The minimum absolute atomic E-state index is 0.125. The van der Waals surface area contributed by atoms with Crippen LogP contribution in [0.25, 0.3) is 0 Å².